The molecule has 3 aromatic heterocycles. The van der Waals surface area contributed by atoms with Gasteiger partial charge in [0.2, 0.25) is 0 Å². The number of H-pyrrole nitrogens is 1. The van der Waals surface area contributed by atoms with Gasteiger partial charge in [-0.15, -0.1) is 10.2 Å². The molecule has 8 heteroatoms. The first-order valence-electron chi connectivity index (χ1n) is 13.5. The lowest BCUT2D eigenvalue weighted by Gasteiger charge is -2.28. The Balaban J connectivity index is 1.32. The number of nitrogens with zero attached hydrogens (tertiary/aromatic N) is 6. The maximum atomic E-state index is 5.62. The average molecular weight is 500 g/mol. The van der Waals surface area contributed by atoms with Crippen LogP contribution in [0.4, 0.5) is 0 Å². The fourth-order valence-electron chi connectivity index (χ4n) is 5.89. The van der Waals surface area contributed by atoms with Gasteiger partial charge in [-0.25, -0.2) is 0 Å². The van der Waals surface area contributed by atoms with E-state index in [1.165, 1.54) is 11.1 Å². The van der Waals surface area contributed by atoms with Gasteiger partial charge in [0.1, 0.15) is 0 Å². The van der Waals surface area contributed by atoms with E-state index in [1.54, 1.807) is 0 Å². The zero-order chi connectivity index (χ0) is 25.4. The Morgan fingerprint density at radius 2 is 1.84 bits per heavy atom. The van der Waals surface area contributed by atoms with Gasteiger partial charge in [-0.2, -0.15) is 5.10 Å². The molecule has 194 valence electrons. The summed E-state index contributed by atoms with van der Waals surface area (Å²) in [6.07, 6.45) is 10.7. The van der Waals surface area contributed by atoms with E-state index in [1.807, 2.05) is 12.4 Å². The first-order chi connectivity index (χ1) is 18.0. The van der Waals surface area contributed by atoms with Crippen molar-refractivity contribution in [2.24, 2.45) is 0 Å². The molecule has 0 atom stereocenters. The van der Waals surface area contributed by atoms with Crippen LogP contribution in [0.1, 0.15) is 48.8 Å². The molecular formula is C29H37N7O. The minimum Gasteiger partial charge on any atom is -0.381 e. The maximum absolute atomic E-state index is 5.62. The number of hydrogen-bond acceptors (Lipinski definition) is 6. The highest BCUT2D eigenvalue weighted by Gasteiger charge is 2.22. The van der Waals surface area contributed by atoms with E-state index in [9.17, 15) is 0 Å². The summed E-state index contributed by atoms with van der Waals surface area (Å²) in [5.41, 5.74) is 7.86. The van der Waals surface area contributed by atoms with Crippen LogP contribution < -0.4 is 0 Å². The summed E-state index contributed by atoms with van der Waals surface area (Å²) in [6.45, 7) is 4.84. The van der Waals surface area contributed by atoms with Crippen molar-refractivity contribution in [3.8, 4) is 22.4 Å². The van der Waals surface area contributed by atoms with Gasteiger partial charge >= 0.3 is 0 Å². The number of hydrogen-bond donors (Lipinski definition) is 1. The lowest BCUT2D eigenvalue weighted by Crippen LogP contribution is -2.31. The molecular weight excluding hydrogens is 462 g/mol. The van der Waals surface area contributed by atoms with E-state index in [0.29, 0.717) is 12.0 Å². The Labute approximate surface area is 218 Å². The number of aromatic amines is 1. The Hall–Kier alpha value is -3.07. The van der Waals surface area contributed by atoms with Gasteiger partial charge in [-0.05, 0) is 89.1 Å². The van der Waals surface area contributed by atoms with Crippen LogP contribution in [0.2, 0.25) is 0 Å². The van der Waals surface area contributed by atoms with Gasteiger partial charge in [-0.1, -0.05) is 12.1 Å². The molecule has 0 bridgehead atoms. The van der Waals surface area contributed by atoms with Crippen LogP contribution in [-0.4, -0.2) is 82.2 Å². The van der Waals surface area contributed by atoms with Crippen LogP contribution >= 0.6 is 0 Å². The van der Waals surface area contributed by atoms with Crippen molar-refractivity contribution in [3.05, 3.63) is 54.0 Å². The van der Waals surface area contributed by atoms with Crippen molar-refractivity contribution in [1.82, 2.24) is 34.8 Å². The summed E-state index contributed by atoms with van der Waals surface area (Å²) in [6, 6.07) is 9.47. The van der Waals surface area contributed by atoms with Crippen LogP contribution in [0.5, 0.6) is 0 Å². The molecule has 2 saturated heterocycles. The summed E-state index contributed by atoms with van der Waals surface area (Å²) in [5.74, 6) is 0.559. The summed E-state index contributed by atoms with van der Waals surface area (Å²) in [5, 5.41) is 15.0. The normalized spacial score (nSPS) is 18.3. The van der Waals surface area contributed by atoms with Gasteiger partial charge in [0.05, 0.1) is 17.9 Å². The average Bonchev–Trinajstić information content (AvgIpc) is 3.56. The minimum absolute atomic E-state index is 0.467. The van der Waals surface area contributed by atoms with Crippen LogP contribution in [0.3, 0.4) is 0 Å². The summed E-state index contributed by atoms with van der Waals surface area (Å²) in [7, 11) is 6.45. The molecule has 0 radical (unpaired) electrons. The highest BCUT2D eigenvalue weighted by Crippen LogP contribution is 2.35. The van der Waals surface area contributed by atoms with Crippen LogP contribution in [0.25, 0.3) is 33.4 Å². The molecule has 2 aliphatic rings. The summed E-state index contributed by atoms with van der Waals surface area (Å²) in [4.78, 5) is 7.94. The molecule has 37 heavy (non-hydrogen) atoms. The molecule has 1 aromatic carbocycles. The van der Waals surface area contributed by atoms with E-state index in [-0.39, 0.29) is 0 Å². The number of nitrogens with one attached hydrogen (secondary N) is 1. The largest absolute Gasteiger partial charge is 0.381 e. The topological polar surface area (TPSA) is 75.1 Å². The predicted octanol–water partition coefficient (Wildman–Crippen LogP) is 4.71. The number of piperidine rings is 1. The Bertz CT molecular complexity index is 1360. The zero-order valence-electron chi connectivity index (χ0n) is 22.2. The third-order valence-electron chi connectivity index (χ3n) is 8.00. The molecule has 0 unspecified atom stereocenters. The van der Waals surface area contributed by atoms with Crippen LogP contribution in [-0.2, 0) is 11.3 Å². The van der Waals surface area contributed by atoms with Crippen molar-refractivity contribution in [1.29, 1.82) is 0 Å². The Morgan fingerprint density at radius 3 is 2.62 bits per heavy atom. The van der Waals surface area contributed by atoms with Crippen molar-refractivity contribution in [2.45, 2.75) is 44.2 Å². The third-order valence-corrected chi connectivity index (χ3v) is 8.00. The Kier molecular flexibility index (Phi) is 6.80. The SMILES string of the molecule is CN(C)Cc1cc(-c2cc3c(-c4cnn(C5CCN(C)CC5)c4)c[nH]c3nn2)ccc1C1CCOCC1. The number of rotatable bonds is 6. The van der Waals surface area contributed by atoms with Crippen LogP contribution in [0, 0.1) is 0 Å². The van der Waals surface area contributed by atoms with E-state index < -0.39 is 0 Å². The first kappa shape index (κ1) is 24.3. The number of ether oxygens (including phenoxy) is 1. The van der Waals surface area contributed by atoms with E-state index >= 15 is 0 Å². The maximum Gasteiger partial charge on any atom is 0.160 e. The second-order valence-corrected chi connectivity index (χ2v) is 11.0. The van der Waals surface area contributed by atoms with Crippen molar-refractivity contribution >= 4 is 11.0 Å². The quantitative estimate of drug-likeness (QED) is 0.414. The predicted molar refractivity (Wildman–Crippen MR) is 146 cm³/mol. The molecule has 4 aromatic rings. The van der Waals surface area contributed by atoms with E-state index in [0.717, 1.165) is 91.9 Å². The van der Waals surface area contributed by atoms with Gasteiger partial charge in [0.25, 0.3) is 0 Å². The lowest BCUT2D eigenvalue weighted by molar-refractivity contribution is 0.0850. The molecule has 6 rings (SSSR count). The second-order valence-electron chi connectivity index (χ2n) is 11.0. The number of aromatic nitrogens is 5. The molecule has 0 saturated carbocycles. The Morgan fingerprint density at radius 1 is 1.03 bits per heavy atom. The highest BCUT2D eigenvalue weighted by atomic mass is 16.5. The van der Waals surface area contributed by atoms with E-state index in [2.05, 4.69) is 81.3 Å². The van der Waals surface area contributed by atoms with Gasteiger partial charge < -0.3 is 19.5 Å². The number of likely N-dealkylation sites (tertiary alicyclic amines) is 1. The van der Waals surface area contributed by atoms with E-state index in [4.69, 9.17) is 9.84 Å². The van der Waals surface area contributed by atoms with Gasteiger partial charge in [-0.3, -0.25) is 4.68 Å². The minimum atomic E-state index is 0.467. The molecule has 0 spiro atoms. The molecule has 1 N–H and O–H groups in total. The van der Waals surface area contributed by atoms with Crippen LogP contribution in [0.15, 0.2) is 42.9 Å². The number of benzene rings is 1. The molecule has 0 aliphatic carbocycles. The second kappa shape index (κ2) is 10.4. The lowest BCUT2D eigenvalue weighted by atomic mass is 9.87. The highest BCUT2D eigenvalue weighted by molar-refractivity contribution is 5.94. The third kappa shape index (κ3) is 5.06. The summed E-state index contributed by atoms with van der Waals surface area (Å²) >= 11 is 0. The summed E-state index contributed by atoms with van der Waals surface area (Å²) < 4.78 is 7.77. The smallest absolute Gasteiger partial charge is 0.160 e. The van der Waals surface area contributed by atoms with Gasteiger partial charge in [0.15, 0.2) is 5.65 Å². The standard InChI is InChI=1S/C29H37N7O/c1-34(2)18-22-14-21(4-5-25(22)20-8-12-37-13-9-20)28-15-26-27(17-30-29(26)33-32-28)23-16-31-36(19-23)24-6-10-35(3)11-7-24/h4-5,14-17,19-20,24H,6-13,18H2,1-3H3,(H,30,33). The molecule has 5 heterocycles. The molecule has 2 aliphatic heterocycles. The monoisotopic (exact) mass is 499 g/mol. The number of fused-ring (bicyclic) bond motifs is 1. The molecule has 8 nitrogen and oxygen atoms in total. The fourth-order valence-corrected chi connectivity index (χ4v) is 5.89. The molecule has 0 amide bonds. The van der Waals surface area contributed by atoms with Crippen molar-refractivity contribution < 1.29 is 4.74 Å². The zero-order valence-corrected chi connectivity index (χ0v) is 22.2. The first-order valence-corrected chi connectivity index (χ1v) is 13.5. The van der Waals surface area contributed by atoms with Crippen molar-refractivity contribution in [2.75, 3.05) is 47.4 Å². The van der Waals surface area contributed by atoms with Gasteiger partial charge in [0, 0.05) is 54.2 Å². The van der Waals surface area contributed by atoms with Crippen molar-refractivity contribution in [3.63, 3.8) is 0 Å². The fraction of sp³-hybridized carbons (Fsp3) is 0.483. The molecule has 2 fully saturated rings.